The van der Waals surface area contributed by atoms with Gasteiger partial charge in [0.1, 0.15) is 16.6 Å². The lowest BCUT2D eigenvalue weighted by Gasteiger charge is -2.06. The summed E-state index contributed by atoms with van der Waals surface area (Å²) >= 11 is 11.0. The third kappa shape index (κ3) is 2.05. The smallest absolute Gasteiger partial charge is 0.143 e. The van der Waals surface area contributed by atoms with E-state index in [-0.39, 0.29) is 15.8 Å². The molecule has 0 aliphatic heterocycles. The number of halogens is 3. The van der Waals surface area contributed by atoms with Gasteiger partial charge in [-0.25, -0.2) is 4.39 Å². The highest BCUT2D eigenvalue weighted by molar-refractivity contribution is 6.43. The molecule has 5 heteroatoms. The van der Waals surface area contributed by atoms with Gasteiger partial charge in [0.15, 0.2) is 0 Å². The molecule has 0 amide bonds. The molecule has 0 fully saturated rings. The summed E-state index contributed by atoms with van der Waals surface area (Å²) in [7, 11) is 0. The van der Waals surface area contributed by atoms with Gasteiger partial charge < -0.3 is 10.8 Å². The first-order chi connectivity index (χ1) is 6.07. The van der Waals surface area contributed by atoms with Crippen molar-refractivity contribution in [3.63, 3.8) is 0 Å². The third-order valence-electron chi connectivity index (χ3n) is 1.63. The third-order valence-corrected chi connectivity index (χ3v) is 2.46. The molecule has 1 aromatic carbocycles. The molecule has 1 aromatic rings. The SMILES string of the molecule is NCCc1cc(F)c(Cl)c(Cl)c1O. The summed E-state index contributed by atoms with van der Waals surface area (Å²) in [5, 5.41) is 8.97. The lowest BCUT2D eigenvalue weighted by molar-refractivity contribution is 0.466. The lowest BCUT2D eigenvalue weighted by Crippen LogP contribution is -2.03. The Hall–Kier alpha value is -0.510. The Bertz CT molecular complexity index is 330. The van der Waals surface area contributed by atoms with E-state index in [1.165, 1.54) is 0 Å². The summed E-state index contributed by atoms with van der Waals surface area (Å²) in [6.07, 6.45) is 0.361. The van der Waals surface area contributed by atoms with E-state index in [2.05, 4.69) is 0 Å². The topological polar surface area (TPSA) is 46.2 Å². The Morgan fingerprint density at radius 3 is 2.54 bits per heavy atom. The monoisotopic (exact) mass is 223 g/mol. The van der Waals surface area contributed by atoms with Crippen LogP contribution in [0.15, 0.2) is 6.07 Å². The van der Waals surface area contributed by atoms with Gasteiger partial charge in [-0.15, -0.1) is 0 Å². The van der Waals surface area contributed by atoms with Crippen LogP contribution < -0.4 is 5.73 Å². The predicted octanol–water partition coefficient (Wildman–Crippen LogP) is 2.34. The number of phenols is 1. The molecule has 0 saturated heterocycles. The van der Waals surface area contributed by atoms with Crippen LogP contribution in [-0.4, -0.2) is 11.7 Å². The standard InChI is InChI=1S/C8H8Cl2FNO/c9-6-5(11)3-4(1-2-12)8(13)7(6)10/h3,13H,1-2,12H2. The van der Waals surface area contributed by atoms with Gasteiger partial charge in [0, 0.05) is 0 Å². The fourth-order valence-corrected chi connectivity index (χ4v) is 1.34. The van der Waals surface area contributed by atoms with Gasteiger partial charge in [-0.3, -0.25) is 0 Å². The van der Waals surface area contributed by atoms with Crippen molar-refractivity contribution in [1.82, 2.24) is 0 Å². The molecule has 0 aliphatic rings. The van der Waals surface area contributed by atoms with Gasteiger partial charge >= 0.3 is 0 Å². The molecule has 0 unspecified atom stereocenters. The molecular formula is C8H8Cl2FNO. The number of benzene rings is 1. The van der Waals surface area contributed by atoms with Crippen molar-refractivity contribution in [2.45, 2.75) is 6.42 Å². The number of phenolic OH excluding ortho intramolecular Hbond substituents is 1. The molecule has 0 atom stereocenters. The number of hydrogen-bond donors (Lipinski definition) is 2. The number of nitrogens with two attached hydrogens (primary N) is 1. The minimum absolute atomic E-state index is 0.162. The van der Waals surface area contributed by atoms with Crippen LogP contribution in [0.4, 0.5) is 4.39 Å². The van der Waals surface area contributed by atoms with Crippen LogP contribution in [0.25, 0.3) is 0 Å². The summed E-state index contributed by atoms with van der Waals surface area (Å²) in [6.45, 7) is 0.310. The molecule has 72 valence electrons. The highest BCUT2D eigenvalue weighted by atomic mass is 35.5. The highest BCUT2D eigenvalue weighted by Crippen LogP contribution is 2.36. The van der Waals surface area contributed by atoms with Gasteiger partial charge in [-0.1, -0.05) is 23.2 Å². The zero-order valence-corrected chi connectivity index (χ0v) is 8.16. The fraction of sp³-hybridized carbons (Fsp3) is 0.250. The van der Waals surface area contributed by atoms with E-state index in [9.17, 15) is 9.50 Å². The summed E-state index contributed by atoms with van der Waals surface area (Å²) in [6, 6.07) is 1.14. The van der Waals surface area contributed by atoms with Crippen molar-refractivity contribution in [1.29, 1.82) is 0 Å². The van der Waals surface area contributed by atoms with E-state index in [1.807, 2.05) is 0 Å². The highest BCUT2D eigenvalue weighted by Gasteiger charge is 2.13. The minimum atomic E-state index is -0.645. The van der Waals surface area contributed by atoms with Crippen LogP contribution in [0.1, 0.15) is 5.56 Å². The maximum atomic E-state index is 13.0. The second kappa shape index (κ2) is 4.13. The molecule has 0 saturated carbocycles. The summed E-state index contributed by atoms with van der Waals surface area (Å²) < 4.78 is 13.0. The molecule has 3 N–H and O–H groups in total. The van der Waals surface area contributed by atoms with E-state index < -0.39 is 5.82 Å². The molecular weight excluding hydrogens is 216 g/mol. The first kappa shape index (κ1) is 10.6. The van der Waals surface area contributed by atoms with Crippen molar-refractivity contribution in [2.24, 2.45) is 5.73 Å². The lowest BCUT2D eigenvalue weighted by atomic mass is 10.1. The van der Waals surface area contributed by atoms with E-state index >= 15 is 0 Å². The Morgan fingerprint density at radius 1 is 1.38 bits per heavy atom. The molecule has 2 nitrogen and oxygen atoms in total. The van der Waals surface area contributed by atoms with Crippen molar-refractivity contribution in [3.05, 3.63) is 27.5 Å². The second-order valence-corrected chi connectivity index (χ2v) is 3.29. The van der Waals surface area contributed by atoms with Gasteiger partial charge in [0.25, 0.3) is 0 Å². The minimum Gasteiger partial charge on any atom is -0.506 e. The van der Waals surface area contributed by atoms with Gasteiger partial charge in [0.2, 0.25) is 0 Å². The van der Waals surface area contributed by atoms with Crippen molar-refractivity contribution in [3.8, 4) is 5.75 Å². The van der Waals surface area contributed by atoms with Crippen LogP contribution in [0.3, 0.4) is 0 Å². The summed E-state index contributed by atoms with van der Waals surface area (Å²) in [4.78, 5) is 0. The second-order valence-electron chi connectivity index (χ2n) is 2.53. The Labute approximate surface area is 85.1 Å². The molecule has 0 bridgehead atoms. The van der Waals surface area contributed by atoms with Crippen molar-refractivity contribution >= 4 is 23.2 Å². The Morgan fingerprint density at radius 2 is 2.00 bits per heavy atom. The maximum Gasteiger partial charge on any atom is 0.143 e. The normalized spacial score (nSPS) is 10.5. The average Bonchev–Trinajstić information content (AvgIpc) is 2.11. The Balaban J connectivity index is 3.24. The number of rotatable bonds is 2. The van der Waals surface area contributed by atoms with Crippen LogP contribution in [-0.2, 0) is 6.42 Å². The van der Waals surface area contributed by atoms with Crippen LogP contribution in [0.5, 0.6) is 5.75 Å². The van der Waals surface area contributed by atoms with Gasteiger partial charge in [0.05, 0.1) is 5.02 Å². The summed E-state index contributed by atoms with van der Waals surface area (Å²) in [5.41, 5.74) is 5.63. The molecule has 1 rings (SSSR count). The largest absolute Gasteiger partial charge is 0.506 e. The maximum absolute atomic E-state index is 13.0. The van der Waals surface area contributed by atoms with E-state index in [0.29, 0.717) is 18.5 Å². The first-order valence-corrected chi connectivity index (χ1v) is 4.39. The van der Waals surface area contributed by atoms with Crippen LogP contribution in [0.2, 0.25) is 10.0 Å². The van der Waals surface area contributed by atoms with Crippen molar-refractivity contribution in [2.75, 3.05) is 6.54 Å². The molecule has 13 heavy (non-hydrogen) atoms. The fourth-order valence-electron chi connectivity index (χ4n) is 0.981. The van der Waals surface area contributed by atoms with Gasteiger partial charge in [-0.2, -0.15) is 0 Å². The zero-order chi connectivity index (χ0) is 10.0. The molecule has 0 heterocycles. The average molecular weight is 224 g/mol. The number of aromatic hydroxyl groups is 1. The van der Waals surface area contributed by atoms with E-state index in [4.69, 9.17) is 28.9 Å². The van der Waals surface area contributed by atoms with Crippen LogP contribution in [0, 0.1) is 5.82 Å². The molecule has 0 radical (unpaired) electrons. The zero-order valence-electron chi connectivity index (χ0n) is 6.65. The predicted molar refractivity (Wildman–Crippen MR) is 50.8 cm³/mol. The van der Waals surface area contributed by atoms with E-state index in [0.717, 1.165) is 6.07 Å². The van der Waals surface area contributed by atoms with E-state index in [1.54, 1.807) is 0 Å². The summed E-state index contributed by atoms with van der Waals surface area (Å²) in [5.74, 6) is -0.841. The quantitative estimate of drug-likeness (QED) is 0.757. The number of hydrogen-bond acceptors (Lipinski definition) is 2. The molecule has 0 spiro atoms. The molecule has 0 aromatic heterocycles. The van der Waals surface area contributed by atoms with Crippen molar-refractivity contribution < 1.29 is 9.50 Å². The first-order valence-electron chi connectivity index (χ1n) is 3.63. The van der Waals surface area contributed by atoms with Gasteiger partial charge in [-0.05, 0) is 24.6 Å². The van der Waals surface area contributed by atoms with Crippen LogP contribution >= 0.6 is 23.2 Å². The molecule has 0 aliphatic carbocycles. The Kier molecular flexibility index (Phi) is 3.36.